The van der Waals surface area contributed by atoms with Gasteiger partial charge >= 0.3 is 0 Å². The summed E-state index contributed by atoms with van der Waals surface area (Å²) in [5.41, 5.74) is 4.92. The SMILES string of the molecule is CC[SiH2]CCC(N)=O. The number of amides is 1. The minimum absolute atomic E-state index is 0.0781. The normalized spacial score (nSPS) is 10.6. The fraction of sp³-hybridized carbons (Fsp3) is 0.800. The lowest BCUT2D eigenvalue weighted by Gasteiger charge is -1.89. The highest BCUT2D eigenvalue weighted by Gasteiger charge is 1.91. The molecule has 0 rings (SSSR count). The Labute approximate surface area is 52.3 Å². The first-order valence-electron chi connectivity index (χ1n) is 3.05. The van der Waals surface area contributed by atoms with Crippen LogP contribution in [0.5, 0.6) is 0 Å². The maximum atomic E-state index is 10.1. The van der Waals surface area contributed by atoms with Gasteiger partial charge in [0.15, 0.2) is 0 Å². The molecule has 0 fully saturated rings. The average molecular weight is 131 g/mol. The van der Waals surface area contributed by atoms with Gasteiger partial charge in [-0.25, -0.2) is 0 Å². The van der Waals surface area contributed by atoms with E-state index in [4.69, 9.17) is 5.73 Å². The summed E-state index contributed by atoms with van der Waals surface area (Å²) in [5.74, 6) is -0.147. The molecule has 0 heterocycles. The van der Waals surface area contributed by atoms with E-state index in [1.54, 1.807) is 0 Å². The standard InChI is InChI=1S/C5H13NOSi/c1-2-8-4-3-5(6)7/h2-4,8H2,1H3,(H2,6,7). The lowest BCUT2D eigenvalue weighted by atomic mass is 10.5. The number of primary amides is 1. The predicted octanol–water partition coefficient (Wildman–Crippen LogP) is -0.113. The summed E-state index contributed by atoms with van der Waals surface area (Å²) >= 11 is 0. The van der Waals surface area contributed by atoms with Crippen molar-refractivity contribution < 1.29 is 4.79 Å². The van der Waals surface area contributed by atoms with E-state index in [-0.39, 0.29) is 15.4 Å². The molecule has 0 bridgehead atoms. The van der Waals surface area contributed by atoms with Crippen LogP contribution in [-0.2, 0) is 4.79 Å². The molecule has 0 aliphatic rings. The van der Waals surface area contributed by atoms with E-state index in [0.29, 0.717) is 6.42 Å². The summed E-state index contributed by atoms with van der Waals surface area (Å²) < 4.78 is 0. The van der Waals surface area contributed by atoms with E-state index in [2.05, 4.69) is 6.92 Å². The Bertz CT molecular complexity index is 74.8. The smallest absolute Gasteiger partial charge is 0.217 e. The summed E-state index contributed by atoms with van der Waals surface area (Å²) in [4.78, 5) is 10.1. The summed E-state index contributed by atoms with van der Waals surface area (Å²) in [6, 6.07) is 2.37. The third-order valence-corrected chi connectivity index (χ3v) is 2.59. The molecule has 48 valence electrons. The molecule has 0 aliphatic heterocycles. The molecule has 3 heteroatoms. The third kappa shape index (κ3) is 5.69. The van der Waals surface area contributed by atoms with Crippen LogP contribution < -0.4 is 5.73 Å². The van der Waals surface area contributed by atoms with Gasteiger partial charge in [-0.1, -0.05) is 19.0 Å². The Kier molecular flexibility index (Phi) is 4.65. The van der Waals surface area contributed by atoms with Gasteiger partial charge in [0, 0.05) is 15.9 Å². The Morgan fingerprint density at radius 3 is 2.75 bits per heavy atom. The van der Waals surface area contributed by atoms with Crippen molar-refractivity contribution in [2.75, 3.05) is 0 Å². The highest BCUT2D eigenvalue weighted by atomic mass is 28.2. The van der Waals surface area contributed by atoms with E-state index < -0.39 is 0 Å². The van der Waals surface area contributed by atoms with E-state index in [0.717, 1.165) is 6.04 Å². The van der Waals surface area contributed by atoms with Crippen molar-refractivity contribution in [3.8, 4) is 0 Å². The van der Waals surface area contributed by atoms with Crippen LogP contribution >= 0.6 is 0 Å². The van der Waals surface area contributed by atoms with Crippen molar-refractivity contribution in [2.24, 2.45) is 5.73 Å². The molecule has 0 aromatic heterocycles. The first-order chi connectivity index (χ1) is 3.77. The van der Waals surface area contributed by atoms with Crippen LogP contribution in [0, 0.1) is 0 Å². The van der Waals surface area contributed by atoms with Gasteiger partial charge in [0.2, 0.25) is 5.91 Å². The van der Waals surface area contributed by atoms with Gasteiger partial charge in [-0.15, -0.1) is 0 Å². The maximum absolute atomic E-state index is 10.1. The zero-order valence-corrected chi connectivity index (χ0v) is 6.73. The maximum Gasteiger partial charge on any atom is 0.217 e. The Hall–Kier alpha value is -0.313. The predicted molar refractivity (Wildman–Crippen MR) is 37.6 cm³/mol. The van der Waals surface area contributed by atoms with E-state index in [1.807, 2.05) is 0 Å². The second-order valence-corrected chi connectivity index (χ2v) is 4.34. The van der Waals surface area contributed by atoms with E-state index in [9.17, 15) is 4.79 Å². The fourth-order valence-corrected chi connectivity index (χ4v) is 1.65. The number of hydrogen-bond acceptors (Lipinski definition) is 1. The number of rotatable bonds is 4. The largest absolute Gasteiger partial charge is 0.370 e. The van der Waals surface area contributed by atoms with Gasteiger partial charge in [0.1, 0.15) is 0 Å². The van der Waals surface area contributed by atoms with Crippen LogP contribution in [0.4, 0.5) is 0 Å². The third-order valence-electron chi connectivity index (χ3n) is 1.03. The molecule has 8 heavy (non-hydrogen) atoms. The zero-order chi connectivity index (χ0) is 6.41. The van der Waals surface area contributed by atoms with Crippen LogP contribution in [0.25, 0.3) is 0 Å². The van der Waals surface area contributed by atoms with Crippen LogP contribution in [-0.4, -0.2) is 15.4 Å². The Morgan fingerprint density at radius 2 is 2.38 bits per heavy atom. The van der Waals surface area contributed by atoms with Gasteiger partial charge in [-0.05, 0) is 0 Å². The molecule has 0 unspecified atom stereocenters. The van der Waals surface area contributed by atoms with Crippen LogP contribution in [0.3, 0.4) is 0 Å². The second-order valence-electron chi connectivity index (χ2n) is 1.92. The van der Waals surface area contributed by atoms with Crippen molar-refractivity contribution in [3.63, 3.8) is 0 Å². The molecular weight excluding hydrogens is 118 g/mol. The van der Waals surface area contributed by atoms with E-state index in [1.165, 1.54) is 6.04 Å². The van der Waals surface area contributed by atoms with Crippen LogP contribution in [0.15, 0.2) is 0 Å². The molecule has 0 saturated heterocycles. The molecule has 0 saturated carbocycles. The molecule has 2 nitrogen and oxygen atoms in total. The summed E-state index contributed by atoms with van der Waals surface area (Å²) in [6.45, 7) is 2.16. The number of carbonyl (C=O) groups excluding carboxylic acids is 1. The summed E-state index contributed by atoms with van der Waals surface area (Å²) in [5, 5.41) is 0. The molecule has 0 atom stereocenters. The first-order valence-corrected chi connectivity index (χ1v) is 5.05. The van der Waals surface area contributed by atoms with Gasteiger partial charge in [0.05, 0.1) is 0 Å². The molecule has 0 aliphatic carbocycles. The highest BCUT2D eigenvalue weighted by molar-refractivity contribution is 6.35. The van der Waals surface area contributed by atoms with Gasteiger partial charge in [-0.2, -0.15) is 0 Å². The molecule has 1 amide bonds. The first kappa shape index (κ1) is 7.69. The monoisotopic (exact) mass is 131 g/mol. The van der Waals surface area contributed by atoms with Crippen molar-refractivity contribution in [1.82, 2.24) is 0 Å². The lowest BCUT2D eigenvalue weighted by Crippen LogP contribution is -2.10. The Morgan fingerprint density at radius 1 is 1.75 bits per heavy atom. The average Bonchev–Trinajstić information content (AvgIpc) is 1.66. The minimum atomic E-state index is -0.147. The Balaban J connectivity index is 2.82. The van der Waals surface area contributed by atoms with Crippen molar-refractivity contribution in [3.05, 3.63) is 0 Å². The number of carbonyl (C=O) groups is 1. The fourth-order valence-electron chi connectivity index (χ4n) is 0.549. The van der Waals surface area contributed by atoms with Crippen molar-refractivity contribution in [1.29, 1.82) is 0 Å². The molecule has 0 radical (unpaired) electrons. The van der Waals surface area contributed by atoms with Crippen molar-refractivity contribution in [2.45, 2.75) is 25.4 Å². The number of hydrogen-bond donors (Lipinski definition) is 1. The van der Waals surface area contributed by atoms with Gasteiger partial charge in [0.25, 0.3) is 0 Å². The molecule has 2 N–H and O–H groups in total. The summed E-state index contributed by atoms with van der Waals surface area (Å²) in [6.07, 6.45) is 0.611. The quantitative estimate of drug-likeness (QED) is 0.420. The highest BCUT2D eigenvalue weighted by Crippen LogP contribution is 1.88. The molecule has 0 spiro atoms. The number of nitrogens with two attached hydrogens (primary N) is 1. The van der Waals surface area contributed by atoms with Crippen molar-refractivity contribution >= 4 is 15.4 Å². The van der Waals surface area contributed by atoms with Crippen LogP contribution in [0.2, 0.25) is 12.1 Å². The van der Waals surface area contributed by atoms with Gasteiger partial charge in [-0.3, -0.25) is 4.79 Å². The minimum Gasteiger partial charge on any atom is -0.370 e. The topological polar surface area (TPSA) is 43.1 Å². The zero-order valence-electron chi connectivity index (χ0n) is 5.31. The lowest BCUT2D eigenvalue weighted by molar-refractivity contribution is -0.117. The van der Waals surface area contributed by atoms with Crippen LogP contribution in [0.1, 0.15) is 13.3 Å². The summed E-state index contributed by atoms with van der Waals surface area (Å²) in [7, 11) is 0.0781. The molecule has 0 aromatic carbocycles. The second kappa shape index (κ2) is 4.84. The molecule has 0 aromatic rings. The van der Waals surface area contributed by atoms with E-state index >= 15 is 0 Å². The molecular formula is C5H13NOSi. The van der Waals surface area contributed by atoms with Gasteiger partial charge < -0.3 is 5.73 Å².